The van der Waals surface area contributed by atoms with Crippen molar-refractivity contribution in [2.75, 3.05) is 13.1 Å². The second-order valence-electron chi connectivity index (χ2n) is 9.08. The third-order valence-corrected chi connectivity index (χ3v) is 8.17. The number of hydrogen-bond donors (Lipinski definition) is 4. The number of carbonyl (C=O) groups is 2. The number of hydrogen-bond acceptors (Lipinski definition) is 12. The highest BCUT2D eigenvalue weighted by Gasteiger charge is 2.23. The molecule has 0 saturated heterocycles. The average Bonchev–Trinajstić information content (AvgIpc) is 3.58. The maximum Gasteiger partial charge on any atom is 0.295 e. The van der Waals surface area contributed by atoms with E-state index in [1.165, 1.54) is 12.1 Å². The lowest BCUT2D eigenvalue weighted by Gasteiger charge is -2.03. The lowest BCUT2D eigenvalue weighted by Crippen LogP contribution is -2.39. The third-order valence-electron chi connectivity index (χ3n) is 6.38. The summed E-state index contributed by atoms with van der Waals surface area (Å²) in [6.07, 6.45) is 0. The van der Waals surface area contributed by atoms with Gasteiger partial charge in [-0.05, 0) is 0 Å². The highest BCUT2D eigenvalue weighted by atomic mass is 32.2. The van der Waals surface area contributed by atoms with Crippen molar-refractivity contribution in [3.05, 3.63) is 72.4 Å². The summed E-state index contributed by atoms with van der Waals surface area (Å²) in [5, 5.41) is 1.13. The van der Waals surface area contributed by atoms with Gasteiger partial charge in [0.1, 0.15) is 20.8 Å². The predicted molar refractivity (Wildman–Crippen MR) is 147 cm³/mol. The summed E-state index contributed by atoms with van der Waals surface area (Å²) in [6.45, 7) is -0.752. The van der Waals surface area contributed by atoms with E-state index in [-0.39, 0.29) is 67.6 Å². The molecule has 16 heteroatoms. The quantitative estimate of drug-likeness (QED) is 0.0801. The van der Waals surface area contributed by atoms with Crippen molar-refractivity contribution in [3.8, 4) is 0 Å². The Balaban J connectivity index is 1.17. The standard InChI is InChI=1S/C26H18N4O10S2/c31-17(25-29-23-15-7-3-1-5-13(15)21(41(33,34)35)9-19(23)39-25)11-27-28-12-18(32)26-30-24-16-8-4-2-6-14(16)22(42(36,37)38)10-20(24)40-26/h1-10,27-28H,11-12H2,(H,33,34,35)(H,36,37,38). The van der Waals surface area contributed by atoms with E-state index >= 15 is 0 Å². The molecule has 0 saturated carbocycles. The molecule has 214 valence electrons. The summed E-state index contributed by atoms with van der Waals surface area (Å²) in [6, 6.07) is 14.8. The summed E-state index contributed by atoms with van der Waals surface area (Å²) in [7, 11) is -9.17. The van der Waals surface area contributed by atoms with Crippen molar-refractivity contribution < 1.29 is 44.4 Å². The van der Waals surface area contributed by atoms with Crippen LogP contribution in [0, 0.1) is 0 Å². The number of ketones is 2. The lowest BCUT2D eigenvalue weighted by atomic mass is 10.1. The lowest BCUT2D eigenvalue weighted by molar-refractivity contribution is 0.0927. The fraction of sp³-hybridized carbons (Fsp3) is 0.0769. The molecular formula is C26H18N4O10S2. The minimum absolute atomic E-state index is 0.0200. The van der Waals surface area contributed by atoms with E-state index < -0.39 is 31.8 Å². The van der Waals surface area contributed by atoms with Crippen LogP contribution >= 0.6 is 0 Å². The van der Waals surface area contributed by atoms with Crippen molar-refractivity contribution in [2.45, 2.75) is 9.79 Å². The van der Waals surface area contributed by atoms with Crippen LogP contribution in [-0.2, 0) is 20.2 Å². The number of oxazole rings is 2. The molecule has 0 aliphatic rings. The van der Waals surface area contributed by atoms with Gasteiger partial charge in [-0.2, -0.15) is 16.8 Å². The summed E-state index contributed by atoms with van der Waals surface area (Å²) in [5.74, 6) is -1.92. The van der Waals surface area contributed by atoms with Crippen LogP contribution in [0.25, 0.3) is 43.7 Å². The Labute approximate surface area is 235 Å². The van der Waals surface area contributed by atoms with Gasteiger partial charge in [0.2, 0.25) is 11.6 Å². The van der Waals surface area contributed by atoms with Crippen LogP contribution in [0.4, 0.5) is 0 Å². The fourth-order valence-electron chi connectivity index (χ4n) is 4.55. The Bertz CT molecular complexity index is 2140. The number of nitrogens with one attached hydrogen (secondary N) is 2. The molecule has 0 radical (unpaired) electrons. The molecular weight excluding hydrogens is 592 g/mol. The molecule has 2 heterocycles. The molecule has 0 fully saturated rings. The van der Waals surface area contributed by atoms with Crippen LogP contribution in [0.5, 0.6) is 0 Å². The number of nitrogens with zero attached hydrogens (tertiary/aromatic N) is 2. The van der Waals surface area contributed by atoms with Gasteiger partial charge < -0.3 is 8.83 Å². The Hall–Kier alpha value is -4.58. The molecule has 0 atom stereocenters. The average molecular weight is 611 g/mol. The minimum Gasteiger partial charge on any atom is -0.434 e. The largest absolute Gasteiger partial charge is 0.434 e. The van der Waals surface area contributed by atoms with Crippen molar-refractivity contribution in [3.63, 3.8) is 0 Å². The summed E-state index contributed by atoms with van der Waals surface area (Å²) in [5.41, 5.74) is 5.53. The number of Topliss-reactive ketones (excluding diaryl/α,β-unsaturated/α-hetero) is 2. The minimum atomic E-state index is -4.59. The molecule has 0 unspecified atom stereocenters. The van der Waals surface area contributed by atoms with Crippen LogP contribution in [0.1, 0.15) is 21.4 Å². The molecule has 2 aromatic heterocycles. The first-order valence-corrected chi connectivity index (χ1v) is 14.9. The molecule has 0 amide bonds. The van der Waals surface area contributed by atoms with Gasteiger partial charge in [-0.15, -0.1) is 0 Å². The molecule has 0 bridgehead atoms. The maximum absolute atomic E-state index is 12.7. The molecule has 14 nitrogen and oxygen atoms in total. The van der Waals surface area contributed by atoms with E-state index in [2.05, 4.69) is 20.8 Å². The zero-order chi connectivity index (χ0) is 29.8. The van der Waals surface area contributed by atoms with Gasteiger partial charge in [-0.3, -0.25) is 18.7 Å². The zero-order valence-electron chi connectivity index (χ0n) is 21.1. The van der Waals surface area contributed by atoms with E-state index in [4.69, 9.17) is 8.83 Å². The van der Waals surface area contributed by atoms with E-state index in [9.17, 15) is 35.5 Å². The number of rotatable bonds is 9. The van der Waals surface area contributed by atoms with Gasteiger partial charge in [0.15, 0.2) is 11.2 Å². The Morgan fingerprint density at radius 2 is 1.00 bits per heavy atom. The summed E-state index contributed by atoms with van der Waals surface area (Å²) >= 11 is 0. The van der Waals surface area contributed by atoms with E-state index in [1.807, 2.05) is 0 Å². The summed E-state index contributed by atoms with van der Waals surface area (Å²) in [4.78, 5) is 33.0. The maximum atomic E-state index is 12.7. The fourth-order valence-corrected chi connectivity index (χ4v) is 5.97. The highest BCUT2D eigenvalue weighted by Crippen LogP contribution is 2.33. The van der Waals surface area contributed by atoms with Gasteiger partial charge in [0, 0.05) is 33.7 Å². The molecule has 0 spiro atoms. The molecule has 4 N–H and O–H groups in total. The van der Waals surface area contributed by atoms with Crippen molar-refractivity contribution in [1.29, 1.82) is 0 Å². The topological polar surface area (TPSA) is 219 Å². The normalized spacial score (nSPS) is 12.5. The van der Waals surface area contributed by atoms with E-state index in [1.54, 1.807) is 36.4 Å². The van der Waals surface area contributed by atoms with Crippen molar-refractivity contribution >= 4 is 75.5 Å². The first kappa shape index (κ1) is 27.6. The summed E-state index contributed by atoms with van der Waals surface area (Å²) < 4.78 is 77.6. The Morgan fingerprint density at radius 3 is 1.36 bits per heavy atom. The van der Waals surface area contributed by atoms with Crippen LogP contribution in [-0.4, -0.2) is 60.6 Å². The third kappa shape index (κ3) is 4.91. The first-order valence-electron chi connectivity index (χ1n) is 12.0. The van der Waals surface area contributed by atoms with Crippen LogP contribution < -0.4 is 10.9 Å². The van der Waals surface area contributed by atoms with Gasteiger partial charge in [0.25, 0.3) is 32.0 Å². The number of benzene rings is 4. The van der Waals surface area contributed by atoms with Gasteiger partial charge in [-0.25, -0.2) is 20.8 Å². The Kier molecular flexibility index (Phi) is 6.60. The number of fused-ring (bicyclic) bond motifs is 6. The van der Waals surface area contributed by atoms with Crippen molar-refractivity contribution in [2.24, 2.45) is 0 Å². The van der Waals surface area contributed by atoms with Gasteiger partial charge in [-0.1, -0.05) is 48.5 Å². The molecule has 0 aliphatic carbocycles. The van der Waals surface area contributed by atoms with Gasteiger partial charge in [0.05, 0.1) is 13.1 Å². The van der Waals surface area contributed by atoms with E-state index in [0.717, 1.165) is 12.1 Å². The monoisotopic (exact) mass is 610 g/mol. The van der Waals surface area contributed by atoms with Crippen LogP contribution in [0.3, 0.4) is 0 Å². The highest BCUT2D eigenvalue weighted by molar-refractivity contribution is 7.86. The number of aromatic nitrogens is 2. The first-order chi connectivity index (χ1) is 19.9. The SMILES string of the molecule is O=C(CNNCC(=O)c1nc2c(cc(S(=O)(=O)O)c3ccccc32)o1)c1nc2c(cc(S(=O)(=O)O)c3ccccc32)o1. The second-order valence-corrected chi connectivity index (χ2v) is 11.9. The van der Waals surface area contributed by atoms with Gasteiger partial charge >= 0.3 is 0 Å². The molecule has 0 aliphatic heterocycles. The Morgan fingerprint density at radius 1 is 0.643 bits per heavy atom. The molecule has 6 rings (SSSR count). The van der Waals surface area contributed by atoms with Crippen molar-refractivity contribution in [1.82, 2.24) is 20.8 Å². The molecule has 4 aromatic carbocycles. The zero-order valence-corrected chi connectivity index (χ0v) is 22.7. The smallest absolute Gasteiger partial charge is 0.295 e. The molecule has 6 aromatic rings. The number of hydrazine groups is 1. The predicted octanol–water partition coefficient (Wildman–Crippen LogP) is 2.93. The second kappa shape index (κ2) is 10.1. The van der Waals surface area contributed by atoms with E-state index in [0.29, 0.717) is 10.8 Å². The van der Waals surface area contributed by atoms with Crippen LogP contribution in [0.15, 0.2) is 79.3 Å². The van der Waals surface area contributed by atoms with Crippen LogP contribution in [0.2, 0.25) is 0 Å². The number of carbonyl (C=O) groups excluding carboxylic acids is 2. The molecule has 42 heavy (non-hydrogen) atoms.